The molecular weight excluding hydrogens is 520 g/mol. The lowest BCUT2D eigenvalue weighted by atomic mass is 10.1. The summed E-state index contributed by atoms with van der Waals surface area (Å²) in [5.41, 5.74) is 1.87. The number of sulfonamides is 1. The maximum absolute atomic E-state index is 13.0. The van der Waals surface area contributed by atoms with Crippen LogP contribution in [0.3, 0.4) is 0 Å². The van der Waals surface area contributed by atoms with Crippen LogP contribution in [-0.4, -0.2) is 43.9 Å². The molecule has 0 N–H and O–H groups in total. The number of hydrogen-bond acceptors (Lipinski definition) is 5. The molecule has 3 aromatic rings. The molecule has 0 unspecified atom stereocenters. The lowest BCUT2D eigenvalue weighted by molar-refractivity contribution is 0.384. The van der Waals surface area contributed by atoms with E-state index in [1.165, 1.54) is 33.8 Å². The normalized spacial score (nSPS) is 15.4. The Morgan fingerprint density at radius 3 is 2.23 bits per heavy atom. The molecule has 0 radical (unpaired) electrons. The summed E-state index contributed by atoms with van der Waals surface area (Å²) in [6.45, 7) is 1.79. The maximum atomic E-state index is 13.0. The molecule has 0 spiro atoms. The molecule has 11 heteroatoms. The van der Waals surface area contributed by atoms with Crippen molar-refractivity contribution in [2.45, 2.75) is 11.3 Å². The Morgan fingerprint density at radius 1 is 0.903 bits per heavy atom. The van der Waals surface area contributed by atoms with E-state index < -0.39 is 10.0 Å². The van der Waals surface area contributed by atoms with Crippen LogP contribution in [0.5, 0.6) is 0 Å². The van der Waals surface area contributed by atoms with Crippen molar-refractivity contribution < 1.29 is 8.42 Å². The third kappa shape index (κ3) is 5.30. The number of piperazine rings is 1. The molecule has 1 aliphatic heterocycles. The lowest BCUT2D eigenvalue weighted by Gasteiger charge is -2.33. The molecule has 0 saturated carbocycles. The predicted molar refractivity (Wildman–Crippen MR) is 129 cm³/mol. The van der Waals surface area contributed by atoms with Crippen LogP contribution in [0.2, 0.25) is 20.1 Å². The summed E-state index contributed by atoms with van der Waals surface area (Å²) in [6, 6.07) is 9.78. The first-order chi connectivity index (χ1) is 14.7. The van der Waals surface area contributed by atoms with Crippen molar-refractivity contribution in [3.63, 3.8) is 0 Å². The molecule has 0 aliphatic carbocycles. The van der Waals surface area contributed by atoms with E-state index in [0.29, 0.717) is 52.7 Å². The Bertz CT molecular complexity index is 1190. The van der Waals surface area contributed by atoms with Gasteiger partial charge >= 0.3 is 0 Å². The summed E-state index contributed by atoms with van der Waals surface area (Å²) in [7, 11) is -3.66. The van der Waals surface area contributed by atoms with Crippen LogP contribution in [0, 0.1) is 0 Å². The number of hydrogen-bond donors (Lipinski definition) is 0. The van der Waals surface area contributed by atoms with E-state index in [2.05, 4.69) is 4.90 Å². The number of nitrogens with zero attached hydrogens (tertiary/aromatic N) is 3. The second-order valence-electron chi connectivity index (χ2n) is 7.03. The fourth-order valence-corrected chi connectivity index (χ4v) is 6.83. The van der Waals surface area contributed by atoms with Gasteiger partial charge in [0.1, 0.15) is 0 Å². The van der Waals surface area contributed by atoms with Gasteiger partial charge in [0.25, 0.3) is 0 Å². The van der Waals surface area contributed by atoms with Gasteiger partial charge in [0, 0.05) is 58.1 Å². The zero-order valence-electron chi connectivity index (χ0n) is 16.1. The smallest absolute Gasteiger partial charge is 0.243 e. The van der Waals surface area contributed by atoms with E-state index in [-0.39, 0.29) is 4.90 Å². The maximum Gasteiger partial charge on any atom is 0.243 e. The number of halogens is 4. The van der Waals surface area contributed by atoms with Crippen molar-refractivity contribution >= 4 is 72.9 Å². The summed E-state index contributed by atoms with van der Waals surface area (Å²) in [5, 5.41) is 4.66. The average Bonchev–Trinajstić information content (AvgIpc) is 3.18. The Morgan fingerprint density at radius 2 is 1.58 bits per heavy atom. The Kier molecular flexibility index (Phi) is 7.03. The van der Waals surface area contributed by atoms with Crippen LogP contribution in [0.4, 0.5) is 5.13 Å². The second-order valence-corrected chi connectivity index (χ2v) is 11.5. The van der Waals surface area contributed by atoms with Gasteiger partial charge in [0.2, 0.25) is 10.0 Å². The fourth-order valence-electron chi connectivity index (χ4n) is 3.33. The van der Waals surface area contributed by atoms with Crippen molar-refractivity contribution in [1.29, 1.82) is 0 Å². The summed E-state index contributed by atoms with van der Waals surface area (Å²) in [6.07, 6.45) is 0.608. The number of thiazole rings is 1. The summed E-state index contributed by atoms with van der Waals surface area (Å²) in [4.78, 5) is 6.91. The highest BCUT2D eigenvalue weighted by Crippen LogP contribution is 2.29. The quantitative estimate of drug-likeness (QED) is 0.410. The van der Waals surface area contributed by atoms with E-state index in [9.17, 15) is 8.42 Å². The summed E-state index contributed by atoms with van der Waals surface area (Å²) in [5.74, 6) is 0. The molecule has 1 aromatic heterocycles. The van der Waals surface area contributed by atoms with Gasteiger partial charge in [0.15, 0.2) is 5.13 Å². The van der Waals surface area contributed by atoms with Crippen LogP contribution < -0.4 is 4.90 Å². The predicted octanol–water partition coefficient (Wildman–Crippen LogP) is 5.86. The van der Waals surface area contributed by atoms with Crippen molar-refractivity contribution in [1.82, 2.24) is 9.29 Å². The zero-order valence-corrected chi connectivity index (χ0v) is 20.7. The molecule has 0 atom stereocenters. The highest BCUT2D eigenvalue weighted by molar-refractivity contribution is 7.89. The summed E-state index contributed by atoms with van der Waals surface area (Å²) >= 11 is 25.7. The topological polar surface area (TPSA) is 53.5 Å². The second kappa shape index (κ2) is 9.43. The molecule has 5 nitrogen and oxygen atoms in total. The third-order valence-corrected chi connectivity index (χ3v) is 8.76. The molecule has 31 heavy (non-hydrogen) atoms. The van der Waals surface area contributed by atoms with Gasteiger partial charge < -0.3 is 4.90 Å². The van der Waals surface area contributed by atoms with Crippen molar-refractivity contribution in [2.75, 3.05) is 31.1 Å². The first kappa shape index (κ1) is 23.1. The average molecular weight is 537 g/mol. The standard InChI is InChI=1S/C20H17Cl4N3O2S2/c21-14-2-1-13(19(24)11-14)7-17-12-30-20(25-17)26-3-5-27(6-4-26)31(28,29)18-9-15(22)8-16(23)10-18/h1-2,8-12H,3-7H2. The minimum absolute atomic E-state index is 0.106. The largest absolute Gasteiger partial charge is 0.345 e. The van der Waals surface area contributed by atoms with Crippen LogP contribution in [0.1, 0.15) is 11.3 Å². The van der Waals surface area contributed by atoms with Crippen LogP contribution >= 0.6 is 57.7 Å². The van der Waals surface area contributed by atoms with E-state index in [0.717, 1.165) is 16.4 Å². The van der Waals surface area contributed by atoms with Crippen molar-refractivity contribution in [3.05, 3.63) is 73.1 Å². The van der Waals surface area contributed by atoms with E-state index in [1.54, 1.807) is 6.07 Å². The lowest BCUT2D eigenvalue weighted by Crippen LogP contribution is -2.48. The molecule has 0 bridgehead atoms. The monoisotopic (exact) mass is 535 g/mol. The molecule has 164 valence electrons. The number of aromatic nitrogens is 1. The van der Waals surface area contributed by atoms with Crippen molar-refractivity contribution in [2.24, 2.45) is 0 Å². The van der Waals surface area contributed by atoms with Gasteiger partial charge in [0.05, 0.1) is 10.6 Å². The third-order valence-electron chi connectivity index (χ3n) is 4.91. The van der Waals surface area contributed by atoms with Gasteiger partial charge in [-0.15, -0.1) is 11.3 Å². The van der Waals surface area contributed by atoms with Gasteiger partial charge in [-0.3, -0.25) is 0 Å². The highest BCUT2D eigenvalue weighted by Gasteiger charge is 2.30. The summed E-state index contributed by atoms with van der Waals surface area (Å²) < 4.78 is 27.4. The minimum Gasteiger partial charge on any atom is -0.345 e. The van der Waals surface area contributed by atoms with Crippen molar-refractivity contribution in [3.8, 4) is 0 Å². The fraction of sp³-hybridized carbons (Fsp3) is 0.250. The van der Waals surface area contributed by atoms with Gasteiger partial charge in [-0.2, -0.15) is 4.31 Å². The van der Waals surface area contributed by atoms with E-state index in [4.69, 9.17) is 51.4 Å². The highest BCUT2D eigenvalue weighted by atomic mass is 35.5. The van der Waals surface area contributed by atoms with Gasteiger partial charge in [-0.1, -0.05) is 52.5 Å². The van der Waals surface area contributed by atoms with Gasteiger partial charge in [-0.25, -0.2) is 13.4 Å². The molecule has 2 heterocycles. The van der Waals surface area contributed by atoms with Crippen LogP contribution in [0.25, 0.3) is 0 Å². The Hall–Kier alpha value is -1.06. The molecule has 2 aromatic carbocycles. The molecule has 0 amide bonds. The van der Waals surface area contributed by atoms with Crippen LogP contribution in [-0.2, 0) is 16.4 Å². The number of anilines is 1. The Labute approximate surface area is 205 Å². The number of benzene rings is 2. The van der Waals surface area contributed by atoms with E-state index in [1.807, 2.05) is 17.5 Å². The minimum atomic E-state index is -3.66. The molecule has 4 rings (SSSR count). The molecule has 1 fully saturated rings. The molecule has 1 aliphatic rings. The molecule has 1 saturated heterocycles. The first-order valence-corrected chi connectivity index (χ1v) is 13.1. The van der Waals surface area contributed by atoms with Crippen LogP contribution in [0.15, 0.2) is 46.7 Å². The van der Waals surface area contributed by atoms with Gasteiger partial charge in [-0.05, 0) is 35.9 Å². The van der Waals surface area contributed by atoms with E-state index >= 15 is 0 Å². The SMILES string of the molecule is O=S(=O)(c1cc(Cl)cc(Cl)c1)N1CCN(c2nc(Cc3ccc(Cl)cc3Cl)cs2)CC1. The number of rotatable bonds is 5. The molecular formula is C20H17Cl4N3O2S2. The first-order valence-electron chi connectivity index (χ1n) is 9.32. The zero-order chi connectivity index (χ0) is 22.2. The Balaban J connectivity index is 1.42.